The van der Waals surface area contributed by atoms with Crippen LogP contribution >= 0.6 is 23.2 Å². The lowest BCUT2D eigenvalue weighted by Gasteiger charge is -2.15. The molecule has 1 amide bonds. The Morgan fingerprint density at radius 1 is 1.08 bits per heavy atom. The number of ether oxygens (including phenoxy) is 2. The van der Waals surface area contributed by atoms with Crippen LogP contribution in [0.1, 0.15) is 18.0 Å². The quantitative estimate of drug-likeness (QED) is 0.721. The predicted molar refractivity (Wildman–Crippen MR) is 102 cm³/mol. The molecule has 2 aromatic carbocycles. The lowest BCUT2D eigenvalue weighted by atomic mass is 10.0. The molecule has 3 N–H and O–H groups in total. The van der Waals surface area contributed by atoms with Crippen LogP contribution in [0.2, 0.25) is 10.0 Å². The van der Waals surface area contributed by atoms with Crippen molar-refractivity contribution in [3.63, 3.8) is 0 Å². The van der Waals surface area contributed by atoms with Crippen molar-refractivity contribution in [1.82, 2.24) is 10.9 Å². The average Bonchev–Trinajstić information content (AvgIpc) is 3.13. The molecule has 0 bridgehead atoms. The number of amides is 1. The number of hydrogen-bond acceptors (Lipinski definition) is 5. The highest BCUT2D eigenvalue weighted by atomic mass is 35.5. The third-order valence-corrected chi connectivity index (χ3v) is 4.87. The van der Waals surface area contributed by atoms with E-state index in [1.807, 2.05) is 24.3 Å². The number of halogens is 2. The molecule has 138 valence electrons. The normalized spacial score (nSPS) is 19.2. The molecule has 2 atom stereocenters. The summed E-state index contributed by atoms with van der Waals surface area (Å²) in [5, 5.41) is 3.92. The second-order valence-electron chi connectivity index (χ2n) is 5.83. The number of benzene rings is 2. The van der Waals surface area contributed by atoms with Crippen LogP contribution in [-0.4, -0.2) is 26.2 Å². The summed E-state index contributed by atoms with van der Waals surface area (Å²) in [5.41, 5.74) is 7.56. The largest absolute Gasteiger partial charge is 0.495 e. The molecule has 1 fully saturated rings. The van der Waals surface area contributed by atoms with E-state index in [0.29, 0.717) is 33.7 Å². The fourth-order valence-electron chi connectivity index (χ4n) is 2.87. The summed E-state index contributed by atoms with van der Waals surface area (Å²) in [7, 11) is 3.02. The van der Waals surface area contributed by atoms with Crippen LogP contribution in [0, 0.1) is 0 Å². The Morgan fingerprint density at radius 3 is 2.50 bits per heavy atom. The first-order chi connectivity index (χ1) is 12.5. The smallest absolute Gasteiger partial charge is 0.243 e. The van der Waals surface area contributed by atoms with Crippen LogP contribution in [0.4, 0.5) is 5.69 Å². The van der Waals surface area contributed by atoms with Crippen molar-refractivity contribution < 1.29 is 14.3 Å². The number of hydrogen-bond donors (Lipinski definition) is 3. The standard InChI is InChI=1S/C18H19Cl2N3O3/c1-25-16-9-14(17(26-2)7-12(16)20)21-18(24)15-8-13(22-23-15)10-5-3-4-6-11(10)19/h3-7,9,13,15,22-23H,8H2,1-2H3,(H,21,24). The first kappa shape index (κ1) is 18.8. The Morgan fingerprint density at radius 2 is 1.81 bits per heavy atom. The second-order valence-corrected chi connectivity index (χ2v) is 6.64. The van der Waals surface area contributed by atoms with Gasteiger partial charge in [-0.15, -0.1) is 0 Å². The number of methoxy groups -OCH3 is 2. The van der Waals surface area contributed by atoms with Gasteiger partial charge in [-0.25, -0.2) is 10.9 Å². The molecule has 1 saturated heterocycles. The molecule has 8 heteroatoms. The van der Waals surface area contributed by atoms with Crippen molar-refractivity contribution in [3.8, 4) is 11.5 Å². The van der Waals surface area contributed by atoms with Gasteiger partial charge < -0.3 is 14.8 Å². The zero-order valence-electron chi connectivity index (χ0n) is 14.3. The molecular weight excluding hydrogens is 377 g/mol. The van der Waals surface area contributed by atoms with E-state index < -0.39 is 6.04 Å². The van der Waals surface area contributed by atoms with Crippen LogP contribution in [0.25, 0.3) is 0 Å². The van der Waals surface area contributed by atoms with Crippen molar-refractivity contribution in [1.29, 1.82) is 0 Å². The maximum Gasteiger partial charge on any atom is 0.243 e. The molecular formula is C18H19Cl2N3O3. The van der Waals surface area contributed by atoms with E-state index >= 15 is 0 Å². The van der Waals surface area contributed by atoms with E-state index in [-0.39, 0.29) is 11.9 Å². The van der Waals surface area contributed by atoms with Gasteiger partial charge >= 0.3 is 0 Å². The third-order valence-electron chi connectivity index (χ3n) is 4.23. The molecule has 0 aromatic heterocycles. The number of carbonyl (C=O) groups excluding carboxylic acids is 1. The maximum atomic E-state index is 12.7. The fourth-order valence-corrected chi connectivity index (χ4v) is 3.37. The zero-order valence-corrected chi connectivity index (χ0v) is 15.8. The van der Waals surface area contributed by atoms with Crippen LogP contribution in [-0.2, 0) is 4.79 Å². The lowest BCUT2D eigenvalue weighted by Crippen LogP contribution is -2.39. The maximum absolute atomic E-state index is 12.7. The third kappa shape index (κ3) is 3.88. The van der Waals surface area contributed by atoms with E-state index in [1.165, 1.54) is 14.2 Å². The molecule has 1 aliphatic heterocycles. The summed E-state index contributed by atoms with van der Waals surface area (Å²) in [6.07, 6.45) is 0.558. The first-order valence-electron chi connectivity index (χ1n) is 8.01. The summed E-state index contributed by atoms with van der Waals surface area (Å²) in [6.45, 7) is 0. The molecule has 0 saturated carbocycles. The molecule has 0 radical (unpaired) electrons. The van der Waals surface area contributed by atoms with Gasteiger partial charge in [0.1, 0.15) is 17.5 Å². The van der Waals surface area contributed by atoms with Crippen molar-refractivity contribution in [2.75, 3.05) is 19.5 Å². The van der Waals surface area contributed by atoms with Gasteiger partial charge in [-0.05, 0) is 18.1 Å². The van der Waals surface area contributed by atoms with Gasteiger partial charge in [0.2, 0.25) is 5.91 Å². The van der Waals surface area contributed by atoms with Gasteiger partial charge in [0.15, 0.2) is 0 Å². The van der Waals surface area contributed by atoms with E-state index in [0.717, 1.165) is 5.56 Å². The van der Waals surface area contributed by atoms with Gasteiger partial charge in [-0.3, -0.25) is 4.79 Å². The average molecular weight is 396 g/mol. The van der Waals surface area contributed by atoms with Crippen molar-refractivity contribution in [2.24, 2.45) is 0 Å². The van der Waals surface area contributed by atoms with Gasteiger partial charge in [-0.2, -0.15) is 0 Å². The number of nitrogens with one attached hydrogen (secondary N) is 3. The van der Waals surface area contributed by atoms with Crippen molar-refractivity contribution in [2.45, 2.75) is 18.5 Å². The van der Waals surface area contributed by atoms with Crippen LogP contribution in [0.3, 0.4) is 0 Å². The SMILES string of the molecule is COc1cc(NC(=O)C2CC(c3ccccc3Cl)NN2)c(OC)cc1Cl. The molecule has 0 spiro atoms. The molecule has 26 heavy (non-hydrogen) atoms. The van der Waals surface area contributed by atoms with E-state index in [9.17, 15) is 4.79 Å². The molecule has 6 nitrogen and oxygen atoms in total. The van der Waals surface area contributed by atoms with Crippen LogP contribution in [0.15, 0.2) is 36.4 Å². The second kappa shape index (κ2) is 8.14. The van der Waals surface area contributed by atoms with Crippen molar-refractivity contribution in [3.05, 3.63) is 52.0 Å². The zero-order chi connectivity index (χ0) is 18.7. The van der Waals surface area contributed by atoms with E-state index in [4.69, 9.17) is 32.7 Å². The summed E-state index contributed by atoms with van der Waals surface area (Å²) < 4.78 is 10.5. The monoisotopic (exact) mass is 395 g/mol. The minimum atomic E-state index is -0.428. The topological polar surface area (TPSA) is 71.6 Å². The Bertz CT molecular complexity index is 816. The molecule has 3 rings (SSSR count). The molecule has 2 unspecified atom stereocenters. The summed E-state index contributed by atoms with van der Waals surface area (Å²) in [6, 6.07) is 10.3. The highest BCUT2D eigenvalue weighted by molar-refractivity contribution is 6.32. The molecule has 1 heterocycles. The highest BCUT2D eigenvalue weighted by Crippen LogP contribution is 2.36. The Balaban J connectivity index is 1.72. The minimum absolute atomic E-state index is 0.0545. The molecule has 2 aromatic rings. The molecule has 1 aliphatic rings. The van der Waals surface area contributed by atoms with Crippen molar-refractivity contribution >= 4 is 34.8 Å². The molecule has 0 aliphatic carbocycles. The predicted octanol–water partition coefficient (Wildman–Crippen LogP) is 3.56. The van der Waals surface area contributed by atoms with Crippen LogP contribution in [0.5, 0.6) is 11.5 Å². The van der Waals surface area contributed by atoms with Crippen LogP contribution < -0.4 is 25.6 Å². The number of carbonyl (C=O) groups is 1. The summed E-state index contributed by atoms with van der Waals surface area (Å²) >= 11 is 12.3. The van der Waals surface area contributed by atoms with Gasteiger partial charge in [0, 0.05) is 23.2 Å². The number of rotatable bonds is 5. The Labute approximate surface area is 161 Å². The van der Waals surface area contributed by atoms with E-state index in [1.54, 1.807) is 12.1 Å². The summed E-state index contributed by atoms with van der Waals surface area (Å²) in [5.74, 6) is 0.710. The van der Waals surface area contributed by atoms with Gasteiger partial charge in [0.25, 0.3) is 0 Å². The van der Waals surface area contributed by atoms with E-state index in [2.05, 4.69) is 16.2 Å². The highest BCUT2D eigenvalue weighted by Gasteiger charge is 2.31. The number of hydrazine groups is 1. The Hall–Kier alpha value is -1.99. The number of anilines is 1. The summed E-state index contributed by atoms with van der Waals surface area (Å²) in [4.78, 5) is 12.7. The first-order valence-corrected chi connectivity index (χ1v) is 8.77. The minimum Gasteiger partial charge on any atom is -0.495 e. The lowest BCUT2D eigenvalue weighted by molar-refractivity contribution is -0.117. The fraction of sp³-hybridized carbons (Fsp3) is 0.278. The van der Waals surface area contributed by atoms with Gasteiger partial charge in [0.05, 0.1) is 24.9 Å². The van der Waals surface area contributed by atoms with Gasteiger partial charge in [-0.1, -0.05) is 41.4 Å². The Kier molecular flexibility index (Phi) is 5.88.